The van der Waals surface area contributed by atoms with Crippen LogP contribution in [0.25, 0.3) is 54.9 Å². The highest BCUT2D eigenvalue weighted by molar-refractivity contribution is 6.13. The lowest BCUT2D eigenvalue weighted by Crippen LogP contribution is -2.55. The van der Waals surface area contributed by atoms with Gasteiger partial charge in [-0.05, 0) is 153 Å². The molecule has 1 nitrogen and oxygen atoms in total. The number of rotatable bonds is 5. The summed E-state index contributed by atoms with van der Waals surface area (Å²) in [5, 5.41) is 5.17. The third-order valence-corrected chi connectivity index (χ3v) is 14.2. The third kappa shape index (κ3) is 4.59. The van der Waals surface area contributed by atoms with E-state index < -0.39 is 0 Å². The Kier molecular flexibility index (Phi) is 6.88. The van der Waals surface area contributed by atoms with Crippen molar-refractivity contribution in [2.45, 2.75) is 37.5 Å². The topological polar surface area (TPSA) is 3.24 Å². The second-order valence-corrected chi connectivity index (χ2v) is 16.9. The summed E-state index contributed by atoms with van der Waals surface area (Å²) in [5.41, 5.74) is 14.8. The average Bonchev–Trinajstić information content (AvgIpc) is 3.53. The molecule has 0 heterocycles. The van der Waals surface area contributed by atoms with Crippen LogP contribution in [0.3, 0.4) is 0 Å². The van der Waals surface area contributed by atoms with E-state index in [1.807, 2.05) is 0 Å². The molecule has 0 unspecified atom stereocenters. The minimum absolute atomic E-state index is 0.112. The third-order valence-electron chi connectivity index (χ3n) is 14.2. The van der Waals surface area contributed by atoms with Gasteiger partial charge in [0.25, 0.3) is 0 Å². The van der Waals surface area contributed by atoms with Gasteiger partial charge in [-0.15, -0.1) is 0 Å². The molecule has 0 amide bonds. The highest BCUT2D eigenvalue weighted by atomic mass is 15.1. The van der Waals surface area contributed by atoms with Crippen molar-refractivity contribution in [1.29, 1.82) is 0 Å². The van der Waals surface area contributed by atoms with Crippen LogP contribution in [-0.4, -0.2) is 0 Å². The molecule has 0 saturated heterocycles. The van der Waals surface area contributed by atoms with Crippen molar-refractivity contribution in [2.75, 3.05) is 4.90 Å². The average molecular weight is 706 g/mol. The van der Waals surface area contributed by atoms with Crippen LogP contribution < -0.4 is 4.90 Å². The number of benzene rings is 8. The second-order valence-electron chi connectivity index (χ2n) is 16.9. The smallest absolute Gasteiger partial charge is 0.0540 e. The van der Waals surface area contributed by atoms with Gasteiger partial charge < -0.3 is 4.90 Å². The highest BCUT2D eigenvalue weighted by Gasteiger charge is 2.61. The van der Waals surface area contributed by atoms with Crippen LogP contribution in [0, 0.1) is 23.7 Å². The van der Waals surface area contributed by atoms with Gasteiger partial charge in [0.15, 0.2) is 0 Å². The van der Waals surface area contributed by atoms with Crippen molar-refractivity contribution in [2.24, 2.45) is 23.7 Å². The van der Waals surface area contributed by atoms with Crippen LogP contribution in [0.5, 0.6) is 0 Å². The lowest BCUT2D eigenvalue weighted by Gasteiger charge is -2.61. The molecule has 4 fully saturated rings. The minimum atomic E-state index is 0.112. The molecule has 4 saturated carbocycles. The molecule has 5 aliphatic carbocycles. The van der Waals surface area contributed by atoms with Gasteiger partial charge in [-0.1, -0.05) is 140 Å². The van der Waals surface area contributed by atoms with E-state index in [0.717, 1.165) is 23.7 Å². The van der Waals surface area contributed by atoms with Crippen LogP contribution in [-0.2, 0) is 5.41 Å². The first-order chi connectivity index (χ1) is 27.2. The van der Waals surface area contributed by atoms with Gasteiger partial charge in [0, 0.05) is 22.4 Å². The zero-order valence-corrected chi connectivity index (χ0v) is 31.0. The number of fused-ring (bicyclic) bond motifs is 6. The summed E-state index contributed by atoms with van der Waals surface area (Å²) in [6, 6.07) is 66.3. The van der Waals surface area contributed by atoms with Crippen LogP contribution in [0.1, 0.15) is 43.2 Å². The Morgan fingerprint density at radius 2 is 0.964 bits per heavy atom. The monoisotopic (exact) mass is 705 g/mol. The number of nitrogens with zero attached hydrogens (tertiary/aromatic N) is 1. The predicted octanol–water partition coefficient (Wildman–Crippen LogP) is 14.5. The second kappa shape index (κ2) is 12.0. The Hall–Kier alpha value is -5.92. The Bertz CT molecular complexity index is 2750. The Labute approximate surface area is 323 Å². The Morgan fingerprint density at radius 3 is 1.75 bits per heavy atom. The van der Waals surface area contributed by atoms with Gasteiger partial charge in [-0.25, -0.2) is 0 Å². The fourth-order valence-electron chi connectivity index (χ4n) is 12.3. The van der Waals surface area contributed by atoms with Crippen molar-refractivity contribution in [3.8, 4) is 33.4 Å². The van der Waals surface area contributed by atoms with Crippen molar-refractivity contribution < 1.29 is 0 Å². The first kappa shape index (κ1) is 31.4. The molecule has 1 spiro atoms. The van der Waals surface area contributed by atoms with E-state index in [1.54, 1.807) is 11.1 Å². The van der Waals surface area contributed by atoms with Crippen LogP contribution in [0.4, 0.5) is 17.1 Å². The standard InChI is InChI=1S/C54H43N/c1-2-12-37(13-3-1)45-16-9-11-21-53(45)55(42-24-22-38(23-25-42)50-33-39-14-4-5-15-44(39)46-17-6-7-18-47(46)50)43-26-27-49-48-19-8-10-20-51(48)54(52(49)34-43)40-29-35-28-36(31-40)32-41(54)30-35/h1-27,33-36,40-41H,28-32H2. The fourth-order valence-corrected chi connectivity index (χ4v) is 12.3. The summed E-state index contributed by atoms with van der Waals surface area (Å²) in [4.78, 5) is 2.54. The largest absolute Gasteiger partial charge is 0.310 e. The molecule has 264 valence electrons. The summed E-state index contributed by atoms with van der Waals surface area (Å²) >= 11 is 0. The Morgan fingerprint density at radius 1 is 0.382 bits per heavy atom. The van der Waals surface area contributed by atoms with Gasteiger partial charge in [-0.2, -0.15) is 0 Å². The fraction of sp³-hybridized carbons (Fsp3) is 0.185. The van der Waals surface area contributed by atoms with E-state index in [9.17, 15) is 0 Å². The summed E-state index contributed by atoms with van der Waals surface area (Å²) < 4.78 is 0. The molecule has 13 rings (SSSR count). The number of anilines is 3. The van der Waals surface area contributed by atoms with Gasteiger partial charge in [0.2, 0.25) is 0 Å². The molecule has 0 N–H and O–H groups in total. The SMILES string of the molecule is c1ccc(-c2ccccc2N(c2ccc(-c3cc4ccccc4c4ccccc34)cc2)c2ccc3c(c2)C2(c4ccccc4-3)C3CC4CC(C3)CC2C4)cc1. The molecule has 0 aromatic heterocycles. The van der Waals surface area contributed by atoms with Gasteiger partial charge in [-0.3, -0.25) is 0 Å². The Balaban J connectivity index is 1.05. The molecule has 4 bridgehead atoms. The maximum Gasteiger partial charge on any atom is 0.0540 e. The van der Waals surface area contributed by atoms with Crippen LogP contribution in [0.2, 0.25) is 0 Å². The normalized spacial score (nSPS) is 23.0. The molecule has 0 atom stereocenters. The summed E-state index contributed by atoms with van der Waals surface area (Å²) in [5.74, 6) is 3.28. The lowest BCUT2D eigenvalue weighted by molar-refractivity contribution is -0.0399. The zero-order chi connectivity index (χ0) is 36.1. The van der Waals surface area contributed by atoms with E-state index in [2.05, 4.69) is 181 Å². The predicted molar refractivity (Wildman–Crippen MR) is 230 cm³/mol. The first-order valence-corrected chi connectivity index (χ1v) is 20.4. The van der Waals surface area contributed by atoms with Gasteiger partial charge >= 0.3 is 0 Å². The quantitative estimate of drug-likeness (QED) is 0.161. The van der Waals surface area contributed by atoms with Crippen LogP contribution in [0.15, 0.2) is 176 Å². The molecular formula is C54H43N. The molecule has 1 heteroatoms. The van der Waals surface area contributed by atoms with Crippen molar-refractivity contribution >= 4 is 38.6 Å². The van der Waals surface area contributed by atoms with E-state index in [0.29, 0.717) is 0 Å². The van der Waals surface area contributed by atoms with E-state index in [4.69, 9.17) is 0 Å². The first-order valence-electron chi connectivity index (χ1n) is 20.4. The number of para-hydroxylation sites is 1. The zero-order valence-electron chi connectivity index (χ0n) is 31.0. The molecule has 8 aromatic carbocycles. The minimum Gasteiger partial charge on any atom is -0.310 e. The maximum atomic E-state index is 2.63. The summed E-state index contributed by atoms with van der Waals surface area (Å²) in [7, 11) is 0. The maximum absolute atomic E-state index is 2.63. The molecule has 0 radical (unpaired) electrons. The highest BCUT2D eigenvalue weighted by Crippen LogP contribution is 2.69. The van der Waals surface area contributed by atoms with Crippen molar-refractivity contribution in [3.63, 3.8) is 0 Å². The molecule has 8 aromatic rings. The van der Waals surface area contributed by atoms with Gasteiger partial charge in [0.1, 0.15) is 0 Å². The van der Waals surface area contributed by atoms with Gasteiger partial charge in [0.05, 0.1) is 5.69 Å². The van der Waals surface area contributed by atoms with Crippen molar-refractivity contribution in [3.05, 3.63) is 187 Å². The lowest BCUT2D eigenvalue weighted by atomic mass is 9.43. The van der Waals surface area contributed by atoms with Crippen molar-refractivity contribution in [1.82, 2.24) is 0 Å². The van der Waals surface area contributed by atoms with E-state index >= 15 is 0 Å². The van der Waals surface area contributed by atoms with E-state index in [-0.39, 0.29) is 5.41 Å². The molecule has 0 aliphatic heterocycles. The number of hydrogen-bond acceptors (Lipinski definition) is 1. The van der Waals surface area contributed by atoms with Crippen LogP contribution >= 0.6 is 0 Å². The molecular weight excluding hydrogens is 663 g/mol. The van der Waals surface area contributed by atoms with E-state index in [1.165, 1.54) is 104 Å². The summed E-state index contributed by atoms with van der Waals surface area (Å²) in [6.45, 7) is 0. The summed E-state index contributed by atoms with van der Waals surface area (Å²) in [6.07, 6.45) is 7.01. The molecule has 5 aliphatic rings. The molecule has 55 heavy (non-hydrogen) atoms. The number of hydrogen-bond donors (Lipinski definition) is 0.